The first-order chi connectivity index (χ1) is 31.7. The Labute approximate surface area is 368 Å². The highest BCUT2D eigenvalue weighted by atomic mass is 16.3. The number of rotatable bonds is 4. The maximum atomic E-state index is 7.08. The highest BCUT2D eigenvalue weighted by Crippen LogP contribution is 2.46. The highest BCUT2D eigenvalue weighted by molar-refractivity contribution is 6.12. The van der Waals surface area contributed by atoms with Crippen LogP contribution >= 0.6 is 0 Å². The summed E-state index contributed by atoms with van der Waals surface area (Å²) in [6, 6.07) is 66.3. The van der Waals surface area contributed by atoms with E-state index in [1.54, 1.807) is 0 Å². The Morgan fingerprint density at radius 1 is 0.500 bits per heavy atom. The van der Waals surface area contributed by atoms with Gasteiger partial charge in [-0.05, 0) is 77.0 Å². The van der Waals surface area contributed by atoms with Crippen molar-refractivity contribution in [1.29, 1.82) is 0 Å². The molecule has 12 aromatic rings. The Morgan fingerprint density at radius 2 is 1.17 bits per heavy atom. The number of para-hydroxylation sites is 4. The maximum Gasteiger partial charge on any atom is 0.235 e. The average Bonchev–Trinajstić information content (AvgIpc) is 4.01. The minimum atomic E-state index is 0.569. The molecular formula is C59H38N4O. The molecule has 0 spiro atoms. The summed E-state index contributed by atoms with van der Waals surface area (Å²) in [7, 11) is 0. The predicted molar refractivity (Wildman–Crippen MR) is 265 cm³/mol. The fourth-order valence-electron chi connectivity index (χ4n) is 10.0. The Morgan fingerprint density at radius 3 is 2.00 bits per heavy atom. The lowest BCUT2D eigenvalue weighted by molar-refractivity contribution is 0.623. The number of fused-ring (bicyclic) bond motifs is 13. The van der Waals surface area contributed by atoms with E-state index in [-0.39, 0.29) is 0 Å². The summed E-state index contributed by atoms with van der Waals surface area (Å²) in [6.07, 6.45) is 7.36. The van der Waals surface area contributed by atoms with Crippen molar-refractivity contribution >= 4 is 76.5 Å². The summed E-state index contributed by atoms with van der Waals surface area (Å²) in [6.45, 7) is 4.81. The van der Waals surface area contributed by atoms with Gasteiger partial charge in [0.15, 0.2) is 5.76 Å². The smallest absolute Gasteiger partial charge is 0.235 e. The molecule has 0 unspecified atom stereocenters. The average molecular weight is 819 g/mol. The van der Waals surface area contributed by atoms with Gasteiger partial charge in [-0.1, -0.05) is 164 Å². The van der Waals surface area contributed by atoms with Gasteiger partial charge in [0.25, 0.3) is 0 Å². The third-order valence-corrected chi connectivity index (χ3v) is 12.9. The Bertz CT molecular complexity index is 3940. The van der Waals surface area contributed by atoms with Crippen LogP contribution in [0.5, 0.6) is 0 Å². The summed E-state index contributed by atoms with van der Waals surface area (Å²) in [5.74, 6) is 1.35. The standard InChI is InChI=1S/C59H38N4O/c1-37-28-29-38(41-32-35-52-49(36-41)44-22-10-13-25-50(44)62(52)42-19-6-3-7-20-42)30-33-46-45-23-12-15-27-53(45)64-58(46)57-54(37)47-24-11-14-26-51(47)63(57)59-60-55(40-17-4-2-5-18-40)48-34-31-39-16-8-9-21-43(39)56(48)61-59/h2-32,34-36H,1,33H2/b29-28-,38-30+. The fraction of sp³-hybridized carbons (Fsp3) is 0.0169. The zero-order valence-electron chi connectivity index (χ0n) is 34.7. The van der Waals surface area contributed by atoms with Gasteiger partial charge in [-0.15, -0.1) is 0 Å². The normalized spacial score (nSPS) is 14.3. The Kier molecular flexibility index (Phi) is 8.06. The zero-order chi connectivity index (χ0) is 42.3. The number of allylic oxidation sites excluding steroid dienone is 5. The lowest BCUT2D eigenvalue weighted by atomic mass is 9.93. The lowest BCUT2D eigenvalue weighted by Crippen LogP contribution is -2.06. The molecule has 0 aliphatic heterocycles. The second kappa shape index (κ2) is 14.3. The van der Waals surface area contributed by atoms with Crippen molar-refractivity contribution in [2.45, 2.75) is 6.42 Å². The van der Waals surface area contributed by atoms with E-state index in [0.717, 1.165) is 99.8 Å². The van der Waals surface area contributed by atoms with Crippen LogP contribution in [0.1, 0.15) is 16.7 Å². The first-order valence-electron chi connectivity index (χ1n) is 21.7. The van der Waals surface area contributed by atoms with Crippen LogP contribution in [0.3, 0.4) is 0 Å². The molecule has 1 aliphatic carbocycles. The van der Waals surface area contributed by atoms with Gasteiger partial charge in [0.2, 0.25) is 5.95 Å². The molecule has 0 radical (unpaired) electrons. The van der Waals surface area contributed by atoms with Gasteiger partial charge in [-0.25, -0.2) is 9.97 Å². The van der Waals surface area contributed by atoms with Crippen LogP contribution in [0.2, 0.25) is 0 Å². The van der Waals surface area contributed by atoms with Crippen molar-refractivity contribution in [2.75, 3.05) is 0 Å². The topological polar surface area (TPSA) is 48.8 Å². The van der Waals surface area contributed by atoms with Crippen LogP contribution < -0.4 is 0 Å². The molecule has 0 saturated heterocycles. The van der Waals surface area contributed by atoms with Crippen LogP contribution in [-0.4, -0.2) is 19.1 Å². The Balaban J connectivity index is 1.06. The van der Waals surface area contributed by atoms with E-state index in [2.05, 4.69) is 203 Å². The van der Waals surface area contributed by atoms with Gasteiger partial charge in [0, 0.05) is 54.7 Å². The van der Waals surface area contributed by atoms with Gasteiger partial charge in [0.05, 0.1) is 27.8 Å². The number of aromatic nitrogens is 4. The van der Waals surface area contributed by atoms with Gasteiger partial charge < -0.3 is 8.98 Å². The summed E-state index contributed by atoms with van der Waals surface area (Å²) < 4.78 is 11.6. The molecule has 0 atom stereocenters. The van der Waals surface area contributed by atoms with Crippen LogP contribution in [0.15, 0.2) is 217 Å². The zero-order valence-corrected chi connectivity index (χ0v) is 34.7. The fourth-order valence-corrected chi connectivity index (χ4v) is 10.0. The van der Waals surface area contributed by atoms with E-state index < -0.39 is 0 Å². The van der Waals surface area contributed by atoms with E-state index in [1.807, 2.05) is 12.1 Å². The largest absolute Gasteiger partial charge is 0.454 e. The molecule has 300 valence electrons. The van der Waals surface area contributed by atoms with E-state index in [9.17, 15) is 0 Å². The van der Waals surface area contributed by atoms with Crippen molar-refractivity contribution in [3.8, 4) is 34.3 Å². The van der Waals surface area contributed by atoms with Crippen LogP contribution in [0, 0.1) is 0 Å². The predicted octanol–water partition coefficient (Wildman–Crippen LogP) is 15.1. The van der Waals surface area contributed by atoms with Crippen LogP contribution in [0.25, 0.3) is 111 Å². The van der Waals surface area contributed by atoms with Crippen molar-refractivity contribution in [3.63, 3.8) is 0 Å². The van der Waals surface area contributed by atoms with Crippen molar-refractivity contribution in [1.82, 2.24) is 19.1 Å². The molecule has 5 nitrogen and oxygen atoms in total. The van der Waals surface area contributed by atoms with Crippen LogP contribution in [-0.2, 0) is 6.42 Å². The molecule has 0 N–H and O–H groups in total. The molecule has 64 heavy (non-hydrogen) atoms. The molecule has 0 fully saturated rings. The van der Waals surface area contributed by atoms with Crippen molar-refractivity contribution < 1.29 is 4.42 Å². The number of benzene rings is 8. The summed E-state index contributed by atoms with van der Waals surface area (Å²) in [4.78, 5) is 11.0. The Hall–Kier alpha value is -8.54. The van der Waals surface area contributed by atoms with E-state index in [4.69, 9.17) is 21.0 Å². The summed E-state index contributed by atoms with van der Waals surface area (Å²) in [5, 5.41) is 7.74. The third kappa shape index (κ3) is 5.51. The van der Waals surface area contributed by atoms with Gasteiger partial charge >= 0.3 is 0 Å². The highest BCUT2D eigenvalue weighted by Gasteiger charge is 2.29. The molecule has 1 aliphatic rings. The van der Waals surface area contributed by atoms with Crippen molar-refractivity contribution in [2.24, 2.45) is 0 Å². The van der Waals surface area contributed by atoms with Gasteiger partial charge in [0.1, 0.15) is 11.3 Å². The number of nitrogens with zero attached hydrogens (tertiary/aromatic N) is 4. The monoisotopic (exact) mass is 818 g/mol. The van der Waals surface area contributed by atoms with E-state index >= 15 is 0 Å². The first kappa shape index (κ1) is 36.1. The number of hydrogen-bond acceptors (Lipinski definition) is 3. The van der Waals surface area contributed by atoms with Crippen molar-refractivity contribution in [3.05, 3.63) is 230 Å². The molecule has 13 rings (SSSR count). The van der Waals surface area contributed by atoms with Crippen LogP contribution in [0.4, 0.5) is 0 Å². The second-order valence-corrected chi connectivity index (χ2v) is 16.5. The lowest BCUT2D eigenvalue weighted by Gasteiger charge is -2.16. The van der Waals surface area contributed by atoms with E-state index in [0.29, 0.717) is 12.4 Å². The molecule has 4 aromatic heterocycles. The number of furan rings is 1. The molecular weight excluding hydrogens is 781 g/mol. The maximum absolute atomic E-state index is 7.08. The summed E-state index contributed by atoms with van der Waals surface area (Å²) >= 11 is 0. The minimum absolute atomic E-state index is 0.569. The molecule has 5 heteroatoms. The summed E-state index contributed by atoms with van der Waals surface area (Å²) in [5.41, 5.74) is 14.2. The van der Waals surface area contributed by atoms with Gasteiger partial charge in [-0.3, -0.25) is 4.57 Å². The molecule has 8 aromatic carbocycles. The number of hydrogen-bond donors (Lipinski definition) is 0. The van der Waals surface area contributed by atoms with E-state index in [1.165, 1.54) is 21.8 Å². The third-order valence-electron chi connectivity index (χ3n) is 12.9. The SMILES string of the molecule is C=C1/C=C\C(c2ccc3c(c2)c2ccccc2n3-c2ccccc2)=C/Cc2c(oc3ccccc23)-c2c1c1ccccc1n2-c1nc(-c2ccccc2)c2ccc3ccccc3c2n1. The second-order valence-electron chi connectivity index (χ2n) is 16.5. The minimum Gasteiger partial charge on any atom is -0.454 e. The quantitative estimate of drug-likeness (QED) is 0.166. The molecule has 0 bridgehead atoms. The molecule has 4 heterocycles. The first-order valence-corrected chi connectivity index (χ1v) is 21.7. The van der Waals surface area contributed by atoms with Gasteiger partial charge in [-0.2, -0.15) is 0 Å². The molecule has 0 amide bonds. The molecule has 0 saturated carbocycles.